The number of nitrogens with one attached hydrogen (secondary N) is 2. The summed E-state index contributed by atoms with van der Waals surface area (Å²) in [5.41, 5.74) is 8.47. The summed E-state index contributed by atoms with van der Waals surface area (Å²) in [6.45, 7) is 0.830. The second kappa shape index (κ2) is 20.4. The molecule has 298 valence electrons. The zero-order valence-electron chi connectivity index (χ0n) is 31.7. The fourth-order valence-electron chi connectivity index (χ4n) is 7.60. The number of nitrogens with zero attached hydrogens (tertiary/aromatic N) is 2. The third kappa shape index (κ3) is 11.4. The number of Topliss-reactive ketones (excluding diaryl/α,β-unsaturated/α-hetero) is 1. The van der Waals surface area contributed by atoms with Crippen molar-refractivity contribution in [1.29, 1.82) is 0 Å². The Morgan fingerprint density at radius 2 is 1.59 bits per heavy atom. The Morgan fingerprint density at radius 3 is 2.34 bits per heavy atom. The number of para-hydroxylation sites is 2. The highest BCUT2D eigenvalue weighted by molar-refractivity contribution is 6.30. The summed E-state index contributed by atoms with van der Waals surface area (Å²) >= 11 is 6.09. The lowest BCUT2D eigenvalue weighted by molar-refractivity contribution is -0.140. The molecule has 0 spiro atoms. The number of benzene rings is 3. The van der Waals surface area contributed by atoms with Gasteiger partial charge in [0.05, 0.1) is 18.8 Å². The van der Waals surface area contributed by atoms with Crippen LogP contribution in [-0.4, -0.2) is 70.9 Å². The normalized spacial score (nSPS) is 18.4. The Kier molecular flexibility index (Phi) is 14.9. The molecule has 12 nitrogen and oxygen atoms in total. The number of rotatable bonds is 18. The molecule has 1 aliphatic heterocycles. The molecular formula is C43H52ClN5O7. The number of amides is 3. The molecule has 4 atom stereocenters. The van der Waals surface area contributed by atoms with Gasteiger partial charge in [0.2, 0.25) is 17.6 Å². The fourth-order valence-corrected chi connectivity index (χ4v) is 7.73. The average molecular weight is 786 g/mol. The lowest BCUT2D eigenvalue weighted by Gasteiger charge is -2.30. The summed E-state index contributed by atoms with van der Waals surface area (Å²) in [4.78, 5) is 62.0. The van der Waals surface area contributed by atoms with Crippen molar-refractivity contribution in [2.45, 2.75) is 108 Å². The fraction of sp³-hybridized carbons (Fsp3) is 0.465. The van der Waals surface area contributed by atoms with Gasteiger partial charge in [-0.05, 0) is 80.0 Å². The van der Waals surface area contributed by atoms with E-state index in [0.29, 0.717) is 54.3 Å². The number of alkyl carbamates (subject to hydrolysis) is 1. The van der Waals surface area contributed by atoms with Gasteiger partial charge in [-0.3, -0.25) is 14.4 Å². The molecule has 2 fully saturated rings. The molecule has 0 radical (unpaired) electrons. The number of carbonyl (C=O) groups excluding carboxylic acids is 4. The van der Waals surface area contributed by atoms with Crippen LogP contribution in [0.25, 0.3) is 11.1 Å². The Labute approximate surface area is 332 Å². The van der Waals surface area contributed by atoms with E-state index >= 15 is 0 Å². The van der Waals surface area contributed by atoms with E-state index < -0.39 is 47.9 Å². The predicted octanol–water partition coefficient (Wildman–Crippen LogP) is 7.12. The third-order valence-corrected chi connectivity index (χ3v) is 11.0. The minimum Gasteiger partial charge on any atom is -0.445 e. The Bertz CT molecular complexity index is 1870. The molecule has 2 aliphatic rings. The number of halogens is 1. The largest absolute Gasteiger partial charge is 0.445 e. The molecular weight excluding hydrogens is 734 g/mol. The first-order valence-corrected chi connectivity index (χ1v) is 20.2. The van der Waals surface area contributed by atoms with Crippen LogP contribution in [0.4, 0.5) is 4.79 Å². The molecule has 1 saturated heterocycles. The predicted molar refractivity (Wildman–Crippen MR) is 213 cm³/mol. The zero-order chi connectivity index (χ0) is 39.3. The molecule has 3 amide bonds. The second-order valence-corrected chi connectivity index (χ2v) is 15.3. The maximum absolute atomic E-state index is 14.7. The molecule has 4 N–H and O–H groups in total. The number of aromatic nitrogens is 1. The van der Waals surface area contributed by atoms with Crippen molar-refractivity contribution in [3.63, 3.8) is 0 Å². The van der Waals surface area contributed by atoms with Crippen molar-refractivity contribution in [1.82, 2.24) is 20.5 Å². The van der Waals surface area contributed by atoms with E-state index in [9.17, 15) is 19.2 Å². The molecule has 4 aromatic rings. The molecule has 1 aliphatic carbocycles. The first-order valence-electron chi connectivity index (χ1n) is 19.8. The van der Waals surface area contributed by atoms with E-state index in [1.807, 2.05) is 42.5 Å². The summed E-state index contributed by atoms with van der Waals surface area (Å²) in [6.07, 6.45) is 7.28. The number of hydrogen-bond acceptors (Lipinski definition) is 9. The van der Waals surface area contributed by atoms with E-state index in [4.69, 9.17) is 31.2 Å². The average Bonchev–Trinajstić information content (AvgIpc) is 3.87. The maximum Gasteiger partial charge on any atom is 0.408 e. The standard InChI is InChI=1S/C43H52ClN5O7/c44-32-21-18-31(19-22-32)27-54-33-25-37(40(51)46-35(16-9-10-24-45)39(50)41-47-34-15-7-8-17-38(34)56-41)49(26-33)42(52)36(23-20-29-11-3-1-4-12-29)48-43(53)55-28-30-13-5-2-6-14-30/h2,5-8,13-15,17-19,21-22,29,33,35-37H,1,3-4,9-12,16,20,23-28,45H2,(H,46,51)(H,48,53)/t33-,35+,36-,37+/m1/s1. The highest BCUT2D eigenvalue weighted by Gasteiger charge is 2.44. The number of oxazole rings is 1. The van der Waals surface area contributed by atoms with Crippen molar-refractivity contribution in [3.8, 4) is 0 Å². The molecule has 6 rings (SSSR count). The SMILES string of the molecule is NCCCC[C@H](NC(=O)[C@@H]1C[C@@H](OCc2ccc(Cl)cc2)CN1C(=O)[C@@H](CCC1CCCCC1)NC(=O)OCc1ccccc1)C(=O)c1nc2ccccc2o1. The van der Waals surface area contributed by atoms with Gasteiger partial charge in [-0.25, -0.2) is 9.78 Å². The molecule has 13 heteroatoms. The van der Waals surface area contributed by atoms with Crippen LogP contribution >= 0.6 is 11.6 Å². The lowest BCUT2D eigenvalue weighted by Crippen LogP contribution is -2.55. The van der Waals surface area contributed by atoms with E-state index in [1.54, 1.807) is 36.4 Å². The molecule has 1 saturated carbocycles. The summed E-state index contributed by atoms with van der Waals surface area (Å²) in [6, 6.07) is 20.8. The quantitative estimate of drug-likeness (QED) is 0.0704. The Morgan fingerprint density at radius 1 is 0.857 bits per heavy atom. The van der Waals surface area contributed by atoms with Gasteiger partial charge in [0.15, 0.2) is 5.58 Å². The van der Waals surface area contributed by atoms with Crippen LogP contribution < -0.4 is 16.4 Å². The van der Waals surface area contributed by atoms with E-state index in [1.165, 1.54) is 11.3 Å². The number of likely N-dealkylation sites (tertiary alicyclic amines) is 1. The van der Waals surface area contributed by atoms with Crippen LogP contribution in [-0.2, 0) is 32.3 Å². The number of nitrogens with two attached hydrogens (primary N) is 1. The smallest absolute Gasteiger partial charge is 0.408 e. The minimum absolute atomic E-state index is 0.0469. The van der Waals surface area contributed by atoms with Crippen LogP contribution in [0.15, 0.2) is 83.3 Å². The van der Waals surface area contributed by atoms with Gasteiger partial charge in [0, 0.05) is 18.0 Å². The lowest BCUT2D eigenvalue weighted by atomic mass is 9.85. The first-order chi connectivity index (χ1) is 27.3. The van der Waals surface area contributed by atoms with Crippen molar-refractivity contribution < 1.29 is 33.1 Å². The van der Waals surface area contributed by atoms with Gasteiger partial charge in [-0.2, -0.15) is 0 Å². The van der Waals surface area contributed by atoms with Crippen LogP contribution in [0.2, 0.25) is 5.02 Å². The summed E-state index contributed by atoms with van der Waals surface area (Å²) in [7, 11) is 0. The van der Waals surface area contributed by atoms with Gasteiger partial charge in [0.1, 0.15) is 24.2 Å². The molecule has 0 bridgehead atoms. The summed E-state index contributed by atoms with van der Waals surface area (Å²) < 4.78 is 17.6. The molecule has 1 aromatic heterocycles. The first kappa shape index (κ1) is 40.9. The number of ketones is 1. The number of hydrogen-bond donors (Lipinski definition) is 3. The number of carbonyl (C=O) groups is 4. The molecule has 0 unspecified atom stereocenters. The van der Waals surface area contributed by atoms with Crippen molar-refractivity contribution >= 4 is 46.4 Å². The van der Waals surface area contributed by atoms with Gasteiger partial charge in [-0.1, -0.05) is 98.3 Å². The van der Waals surface area contributed by atoms with Crippen LogP contribution in [0.1, 0.15) is 92.4 Å². The van der Waals surface area contributed by atoms with Crippen molar-refractivity contribution in [2.75, 3.05) is 13.1 Å². The zero-order valence-corrected chi connectivity index (χ0v) is 32.5. The summed E-state index contributed by atoms with van der Waals surface area (Å²) in [5, 5.41) is 6.39. The van der Waals surface area contributed by atoms with Gasteiger partial charge >= 0.3 is 6.09 Å². The molecule has 2 heterocycles. The highest BCUT2D eigenvalue weighted by Crippen LogP contribution is 2.30. The van der Waals surface area contributed by atoms with Crippen LogP contribution in [0.3, 0.4) is 0 Å². The van der Waals surface area contributed by atoms with Crippen LogP contribution in [0, 0.1) is 5.92 Å². The number of ether oxygens (including phenoxy) is 2. The Hall–Kier alpha value is -4.78. The van der Waals surface area contributed by atoms with Gasteiger partial charge < -0.3 is 35.2 Å². The monoisotopic (exact) mass is 785 g/mol. The number of unbranched alkanes of at least 4 members (excludes halogenated alkanes) is 1. The summed E-state index contributed by atoms with van der Waals surface area (Å²) in [5.74, 6) is -1.03. The number of fused-ring (bicyclic) bond motifs is 1. The minimum atomic E-state index is -0.981. The maximum atomic E-state index is 14.7. The molecule has 3 aromatic carbocycles. The van der Waals surface area contributed by atoms with E-state index in [-0.39, 0.29) is 32.1 Å². The second-order valence-electron chi connectivity index (χ2n) is 14.8. The van der Waals surface area contributed by atoms with Crippen molar-refractivity contribution in [3.05, 3.63) is 101 Å². The van der Waals surface area contributed by atoms with Crippen LogP contribution in [0.5, 0.6) is 0 Å². The topological polar surface area (TPSA) is 166 Å². The van der Waals surface area contributed by atoms with Crippen molar-refractivity contribution in [2.24, 2.45) is 11.7 Å². The third-order valence-electron chi connectivity index (χ3n) is 10.7. The van der Waals surface area contributed by atoms with Gasteiger partial charge in [0.25, 0.3) is 5.89 Å². The Balaban J connectivity index is 1.22. The molecule has 56 heavy (non-hydrogen) atoms. The highest BCUT2D eigenvalue weighted by atomic mass is 35.5. The van der Waals surface area contributed by atoms with Gasteiger partial charge in [-0.15, -0.1) is 0 Å². The van der Waals surface area contributed by atoms with E-state index in [2.05, 4.69) is 15.6 Å². The van der Waals surface area contributed by atoms with E-state index in [0.717, 1.165) is 43.2 Å².